The normalized spacial score (nSPS) is 53.6. The number of allylic oxidation sites excluding steroid dienone is 4. The quantitative estimate of drug-likeness (QED) is 0.407. The van der Waals surface area contributed by atoms with Crippen LogP contribution in [0.4, 0.5) is 0 Å². The molecule has 5 aliphatic rings. The first kappa shape index (κ1) is 25.5. The number of aliphatic carboxylic acids is 1. The van der Waals surface area contributed by atoms with Gasteiger partial charge in [-0.3, -0.25) is 4.79 Å². The maximum atomic E-state index is 12.8. The van der Waals surface area contributed by atoms with E-state index < -0.39 is 29.0 Å². The molecule has 0 aromatic heterocycles. The molecule has 5 rings (SSSR count). The van der Waals surface area contributed by atoms with Crippen molar-refractivity contribution in [3.05, 3.63) is 22.8 Å². The van der Waals surface area contributed by atoms with Gasteiger partial charge in [0.1, 0.15) is 0 Å². The largest absolute Gasteiger partial charge is 0.481 e. The zero-order valence-corrected chi connectivity index (χ0v) is 22.5. The zero-order valence-electron chi connectivity index (χ0n) is 22.5. The highest BCUT2D eigenvalue weighted by atomic mass is 16.4. The van der Waals surface area contributed by atoms with E-state index in [0.29, 0.717) is 18.8 Å². The molecule has 0 saturated heterocycles. The monoisotopic (exact) mass is 486 g/mol. The summed E-state index contributed by atoms with van der Waals surface area (Å²) in [4.78, 5) is 12.8. The molecule has 0 aromatic rings. The summed E-state index contributed by atoms with van der Waals surface area (Å²) in [6, 6.07) is 0. The van der Waals surface area contributed by atoms with E-state index in [9.17, 15) is 25.2 Å². The first-order valence-electron chi connectivity index (χ1n) is 13.8. The molecule has 0 aliphatic heterocycles. The lowest BCUT2D eigenvalue weighted by atomic mass is 9.33. The highest BCUT2D eigenvalue weighted by Gasteiger charge is 2.70. The standard InChI is InChI=1S/C30H46O5/c1-17-9-12-30(25(34)35)14-13-28(5)19(23(30)18(17)2)7-8-22-26(3)15-20(32)24(33)27(4,16-31)21(26)10-11-29(22,28)6/h7,20-24,31-33H,8-16H2,1-6H3,(H,34,35)/t20-,21-,22-,23+,24+,26+,27+,28-,29-,30+/m1/s1. The summed E-state index contributed by atoms with van der Waals surface area (Å²) in [5.41, 5.74) is 2.21. The topological polar surface area (TPSA) is 98.0 Å². The average molecular weight is 487 g/mol. The summed E-state index contributed by atoms with van der Waals surface area (Å²) in [6.45, 7) is 13.3. The van der Waals surface area contributed by atoms with Gasteiger partial charge in [-0.1, -0.05) is 50.5 Å². The van der Waals surface area contributed by atoms with Crippen molar-refractivity contribution < 1.29 is 25.2 Å². The number of aliphatic hydroxyl groups excluding tert-OH is 3. The third-order valence-corrected chi connectivity index (χ3v) is 13.0. The van der Waals surface area contributed by atoms with Crippen LogP contribution in [0.25, 0.3) is 0 Å². The van der Waals surface area contributed by atoms with Gasteiger partial charge in [-0.05, 0) is 93.3 Å². The van der Waals surface area contributed by atoms with Crippen LogP contribution in [-0.2, 0) is 4.79 Å². The molecule has 0 amide bonds. The third kappa shape index (κ3) is 2.89. The van der Waals surface area contributed by atoms with Crippen molar-refractivity contribution >= 4 is 5.97 Å². The molecule has 4 N–H and O–H groups in total. The molecule has 5 aliphatic carbocycles. The van der Waals surface area contributed by atoms with E-state index in [2.05, 4.69) is 40.7 Å². The smallest absolute Gasteiger partial charge is 0.310 e. The zero-order chi connectivity index (χ0) is 25.8. The summed E-state index contributed by atoms with van der Waals surface area (Å²) >= 11 is 0. The molecule has 0 radical (unpaired) electrons. The summed E-state index contributed by atoms with van der Waals surface area (Å²) in [5, 5.41) is 42.8. The third-order valence-electron chi connectivity index (χ3n) is 13.0. The van der Waals surface area contributed by atoms with E-state index in [1.54, 1.807) is 0 Å². The van der Waals surface area contributed by atoms with Gasteiger partial charge in [0.05, 0.1) is 24.2 Å². The van der Waals surface area contributed by atoms with Crippen molar-refractivity contribution in [3.63, 3.8) is 0 Å². The molecule has 0 spiro atoms. The van der Waals surface area contributed by atoms with Crippen LogP contribution in [0, 0.1) is 44.8 Å². The Morgan fingerprint density at radius 3 is 2.34 bits per heavy atom. The van der Waals surface area contributed by atoms with E-state index in [1.165, 1.54) is 16.7 Å². The van der Waals surface area contributed by atoms with Gasteiger partial charge in [0, 0.05) is 11.3 Å². The Hall–Kier alpha value is -1.17. The van der Waals surface area contributed by atoms with E-state index in [-0.39, 0.29) is 34.7 Å². The van der Waals surface area contributed by atoms with Gasteiger partial charge >= 0.3 is 5.97 Å². The van der Waals surface area contributed by atoms with Crippen LogP contribution in [0.1, 0.15) is 92.9 Å². The second-order valence-electron chi connectivity index (χ2n) is 14.0. The molecule has 0 heterocycles. The van der Waals surface area contributed by atoms with Crippen LogP contribution in [0.3, 0.4) is 0 Å². The molecule has 0 bridgehead atoms. The van der Waals surface area contributed by atoms with E-state index in [0.717, 1.165) is 38.5 Å². The predicted molar refractivity (Wildman–Crippen MR) is 135 cm³/mol. The SMILES string of the molecule is CC1=C(C)[C@H]2C3=CC[C@@H]4[C@@]5(C)C[C@@H](O)[C@H](O)[C@@](C)(CO)[C@@H]5CC[C@@]4(C)[C@]3(C)CC[C@@]2(C(=O)O)CC1. The number of hydrogen-bond acceptors (Lipinski definition) is 4. The number of carboxylic acid groups (broad SMARTS) is 1. The van der Waals surface area contributed by atoms with Crippen LogP contribution in [0.2, 0.25) is 0 Å². The predicted octanol–water partition coefficient (Wildman–Crippen LogP) is 5.10. The molecule has 10 atom stereocenters. The van der Waals surface area contributed by atoms with Crippen molar-refractivity contribution in [2.24, 2.45) is 44.8 Å². The van der Waals surface area contributed by atoms with Gasteiger partial charge < -0.3 is 20.4 Å². The van der Waals surface area contributed by atoms with Crippen molar-refractivity contribution in [1.29, 1.82) is 0 Å². The van der Waals surface area contributed by atoms with Crippen LogP contribution in [0.15, 0.2) is 22.8 Å². The Labute approximate surface area is 210 Å². The lowest BCUT2D eigenvalue weighted by molar-refractivity contribution is -0.242. The number of aliphatic hydroxyl groups is 3. The van der Waals surface area contributed by atoms with Crippen LogP contribution in [0.5, 0.6) is 0 Å². The molecule has 3 fully saturated rings. The second-order valence-corrected chi connectivity index (χ2v) is 14.0. The number of carboxylic acids is 1. The summed E-state index contributed by atoms with van der Waals surface area (Å²) in [6.07, 6.45) is 7.17. The molecule has 0 unspecified atom stereocenters. The summed E-state index contributed by atoms with van der Waals surface area (Å²) in [7, 11) is 0. The first-order chi connectivity index (χ1) is 16.2. The Balaban J connectivity index is 1.64. The first-order valence-corrected chi connectivity index (χ1v) is 13.8. The Morgan fingerprint density at radius 1 is 1.03 bits per heavy atom. The van der Waals surface area contributed by atoms with E-state index >= 15 is 0 Å². The summed E-state index contributed by atoms with van der Waals surface area (Å²) < 4.78 is 0. The minimum Gasteiger partial charge on any atom is -0.481 e. The Kier molecular flexibility index (Phi) is 5.59. The van der Waals surface area contributed by atoms with Crippen LogP contribution < -0.4 is 0 Å². The van der Waals surface area contributed by atoms with E-state index in [1.807, 2.05) is 6.92 Å². The molecule has 5 heteroatoms. The Bertz CT molecular complexity index is 999. The van der Waals surface area contributed by atoms with E-state index in [4.69, 9.17) is 0 Å². The van der Waals surface area contributed by atoms with Gasteiger partial charge in [-0.2, -0.15) is 0 Å². The molecular formula is C30H46O5. The van der Waals surface area contributed by atoms with Crippen LogP contribution in [-0.4, -0.2) is 45.2 Å². The van der Waals surface area contributed by atoms with Crippen molar-refractivity contribution in [2.45, 2.75) is 105 Å². The Morgan fingerprint density at radius 2 is 1.71 bits per heavy atom. The van der Waals surface area contributed by atoms with Crippen molar-refractivity contribution in [3.8, 4) is 0 Å². The molecule has 0 aromatic carbocycles. The minimum absolute atomic E-state index is 0.0303. The number of fused-ring (bicyclic) bond motifs is 7. The highest BCUT2D eigenvalue weighted by Crippen LogP contribution is 2.75. The number of carbonyl (C=O) groups is 1. The van der Waals surface area contributed by atoms with Gasteiger partial charge in [-0.15, -0.1) is 0 Å². The maximum Gasteiger partial charge on any atom is 0.310 e. The van der Waals surface area contributed by atoms with Gasteiger partial charge in [0.2, 0.25) is 0 Å². The fourth-order valence-electron chi connectivity index (χ4n) is 10.6. The second kappa shape index (κ2) is 7.68. The molecule has 5 nitrogen and oxygen atoms in total. The number of rotatable bonds is 2. The van der Waals surface area contributed by atoms with Crippen molar-refractivity contribution in [1.82, 2.24) is 0 Å². The fourth-order valence-corrected chi connectivity index (χ4v) is 10.6. The molecule has 3 saturated carbocycles. The minimum atomic E-state index is -0.913. The van der Waals surface area contributed by atoms with Gasteiger partial charge in [0.25, 0.3) is 0 Å². The molecule has 196 valence electrons. The van der Waals surface area contributed by atoms with Crippen LogP contribution >= 0.6 is 0 Å². The fraction of sp³-hybridized carbons (Fsp3) is 0.833. The van der Waals surface area contributed by atoms with Crippen molar-refractivity contribution in [2.75, 3.05) is 6.61 Å². The average Bonchev–Trinajstić information content (AvgIpc) is 2.80. The molecular weight excluding hydrogens is 440 g/mol. The highest BCUT2D eigenvalue weighted by molar-refractivity contribution is 5.78. The maximum absolute atomic E-state index is 12.8. The number of hydrogen-bond donors (Lipinski definition) is 4. The van der Waals surface area contributed by atoms with Gasteiger partial charge in [0.15, 0.2) is 0 Å². The molecule has 35 heavy (non-hydrogen) atoms. The summed E-state index contributed by atoms with van der Waals surface area (Å²) in [5.74, 6) is -0.224. The lowest BCUT2D eigenvalue weighted by Gasteiger charge is -2.71. The lowest BCUT2D eigenvalue weighted by Crippen LogP contribution is -2.68. The van der Waals surface area contributed by atoms with Gasteiger partial charge in [-0.25, -0.2) is 0 Å².